The van der Waals surface area contributed by atoms with E-state index in [1.54, 1.807) is 12.2 Å². The van der Waals surface area contributed by atoms with E-state index in [1.807, 2.05) is 0 Å². The summed E-state index contributed by atoms with van der Waals surface area (Å²) in [6.07, 6.45) is 1.54. The van der Waals surface area contributed by atoms with Gasteiger partial charge in [0.05, 0.1) is 12.1 Å². The number of carbonyl (C=O) groups is 2. The molecule has 1 heterocycles. The summed E-state index contributed by atoms with van der Waals surface area (Å²) in [6, 6.07) is -0.614. The van der Waals surface area contributed by atoms with Gasteiger partial charge >= 0.3 is 12.2 Å². The summed E-state index contributed by atoms with van der Waals surface area (Å²) in [5.74, 6) is 0. The van der Waals surface area contributed by atoms with Gasteiger partial charge in [-0.25, -0.2) is 19.6 Å². The van der Waals surface area contributed by atoms with Gasteiger partial charge in [0.1, 0.15) is 0 Å². The first-order chi connectivity index (χ1) is 6.11. The fourth-order valence-corrected chi connectivity index (χ4v) is 1.81. The summed E-state index contributed by atoms with van der Waals surface area (Å²) in [5, 5.41) is 19.2. The third-order valence-corrected chi connectivity index (χ3v) is 2.29. The highest BCUT2D eigenvalue weighted by Crippen LogP contribution is 2.32. The molecule has 13 heavy (non-hydrogen) atoms. The van der Waals surface area contributed by atoms with Crippen LogP contribution in [0.25, 0.3) is 0 Å². The van der Waals surface area contributed by atoms with Crippen molar-refractivity contribution in [1.29, 1.82) is 0 Å². The lowest BCUT2D eigenvalue weighted by Crippen LogP contribution is -2.50. The number of hydrazine groups is 1. The number of rotatable bonds is 0. The predicted octanol–water partition coefficient (Wildman–Crippen LogP) is 0.572. The summed E-state index contributed by atoms with van der Waals surface area (Å²) in [4.78, 5) is 21.4. The number of amides is 2. The molecule has 1 saturated heterocycles. The first kappa shape index (κ1) is 7.90. The Hall–Kier alpha value is -1.72. The number of hydrogen-bond acceptors (Lipinski definition) is 2. The predicted molar refractivity (Wildman–Crippen MR) is 41.1 cm³/mol. The first-order valence-electron chi connectivity index (χ1n) is 3.84. The van der Waals surface area contributed by atoms with Crippen LogP contribution < -0.4 is 0 Å². The molecule has 0 radical (unpaired) electrons. The monoisotopic (exact) mass is 184 g/mol. The van der Waals surface area contributed by atoms with Crippen molar-refractivity contribution in [3.05, 3.63) is 12.2 Å². The maximum absolute atomic E-state index is 10.7. The molecular weight excluding hydrogens is 176 g/mol. The molecule has 6 nitrogen and oxygen atoms in total. The molecule has 2 bridgehead atoms. The van der Waals surface area contributed by atoms with E-state index in [0.29, 0.717) is 6.42 Å². The van der Waals surface area contributed by atoms with Gasteiger partial charge in [-0.15, -0.1) is 0 Å². The van der Waals surface area contributed by atoms with Gasteiger partial charge in [-0.1, -0.05) is 12.2 Å². The number of carboxylic acid groups (broad SMARTS) is 2. The van der Waals surface area contributed by atoms with E-state index in [0.717, 1.165) is 10.0 Å². The second kappa shape index (κ2) is 2.38. The molecule has 2 amide bonds. The average molecular weight is 184 g/mol. The molecule has 6 heteroatoms. The van der Waals surface area contributed by atoms with Crippen molar-refractivity contribution in [1.82, 2.24) is 10.0 Å². The summed E-state index contributed by atoms with van der Waals surface area (Å²) in [7, 11) is 0. The molecule has 70 valence electrons. The number of fused-ring (bicyclic) bond motifs is 2. The molecule has 0 aromatic heterocycles. The Morgan fingerprint density at radius 1 is 1.08 bits per heavy atom. The Morgan fingerprint density at radius 3 is 1.77 bits per heavy atom. The topological polar surface area (TPSA) is 81.1 Å². The molecule has 1 fully saturated rings. The molecule has 1 aliphatic carbocycles. The molecule has 0 spiro atoms. The van der Waals surface area contributed by atoms with E-state index in [4.69, 9.17) is 10.2 Å². The zero-order chi connectivity index (χ0) is 9.59. The van der Waals surface area contributed by atoms with Crippen molar-refractivity contribution in [3.63, 3.8) is 0 Å². The van der Waals surface area contributed by atoms with E-state index in [-0.39, 0.29) is 12.1 Å². The van der Waals surface area contributed by atoms with Crippen LogP contribution in [0, 0.1) is 0 Å². The quantitative estimate of drug-likeness (QED) is 0.539. The van der Waals surface area contributed by atoms with Crippen LogP contribution >= 0.6 is 0 Å². The Kier molecular flexibility index (Phi) is 1.45. The van der Waals surface area contributed by atoms with Crippen LogP contribution in [-0.2, 0) is 0 Å². The third-order valence-electron chi connectivity index (χ3n) is 2.29. The molecule has 0 saturated carbocycles. The normalized spacial score (nSPS) is 29.8. The van der Waals surface area contributed by atoms with Crippen molar-refractivity contribution in [3.8, 4) is 0 Å². The van der Waals surface area contributed by atoms with E-state index < -0.39 is 12.2 Å². The van der Waals surface area contributed by atoms with Crippen LogP contribution in [0.1, 0.15) is 6.42 Å². The molecule has 2 N–H and O–H groups in total. The highest BCUT2D eigenvalue weighted by molar-refractivity contribution is 5.74. The van der Waals surface area contributed by atoms with Crippen LogP contribution in [0.2, 0.25) is 0 Å². The molecule has 2 atom stereocenters. The van der Waals surface area contributed by atoms with Crippen molar-refractivity contribution in [2.24, 2.45) is 0 Å². The van der Waals surface area contributed by atoms with Crippen LogP contribution in [0.4, 0.5) is 9.59 Å². The summed E-state index contributed by atoms with van der Waals surface area (Å²) in [5.41, 5.74) is 0. The first-order valence-corrected chi connectivity index (χ1v) is 3.84. The second-order valence-electron chi connectivity index (χ2n) is 3.01. The van der Waals surface area contributed by atoms with Gasteiger partial charge in [0.2, 0.25) is 0 Å². The molecule has 2 aliphatic rings. The Morgan fingerprint density at radius 2 is 1.46 bits per heavy atom. The standard InChI is InChI=1S/C7H8N2O4/c10-6(11)8-4-1-2-5(3-4)9(8)7(12)13/h1-2,4-5H,3H2,(H,10,11)(H,12,13). The minimum atomic E-state index is -1.22. The van der Waals surface area contributed by atoms with Gasteiger partial charge in [-0.2, -0.15) is 0 Å². The maximum Gasteiger partial charge on any atom is 0.427 e. The Balaban J connectivity index is 2.30. The minimum Gasteiger partial charge on any atom is -0.464 e. The Bertz CT molecular complexity index is 273. The molecule has 1 aliphatic heterocycles. The van der Waals surface area contributed by atoms with Gasteiger partial charge in [0.15, 0.2) is 0 Å². The van der Waals surface area contributed by atoms with Gasteiger partial charge in [-0.3, -0.25) is 0 Å². The average Bonchev–Trinajstić information content (AvgIpc) is 2.60. The fraction of sp³-hybridized carbons (Fsp3) is 0.429. The SMILES string of the molecule is O=C(O)N1C2C=CC(C2)N1C(=O)O. The second-order valence-corrected chi connectivity index (χ2v) is 3.01. The summed E-state index contributed by atoms with van der Waals surface area (Å²) in [6.45, 7) is 0. The van der Waals surface area contributed by atoms with Crippen LogP contribution in [0.5, 0.6) is 0 Å². The largest absolute Gasteiger partial charge is 0.464 e. The molecule has 2 unspecified atom stereocenters. The third kappa shape index (κ3) is 0.947. The van der Waals surface area contributed by atoms with Crippen molar-refractivity contribution in [2.45, 2.75) is 18.5 Å². The lowest BCUT2D eigenvalue weighted by molar-refractivity contribution is 0.00962. The molecule has 2 rings (SSSR count). The van der Waals surface area contributed by atoms with Gasteiger partial charge < -0.3 is 10.2 Å². The fourth-order valence-electron chi connectivity index (χ4n) is 1.81. The highest BCUT2D eigenvalue weighted by Gasteiger charge is 2.46. The van der Waals surface area contributed by atoms with Crippen molar-refractivity contribution in [2.75, 3.05) is 0 Å². The van der Waals surface area contributed by atoms with E-state index in [9.17, 15) is 9.59 Å². The highest BCUT2D eigenvalue weighted by atomic mass is 16.4. The smallest absolute Gasteiger partial charge is 0.427 e. The summed E-state index contributed by atoms with van der Waals surface area (Å²) >= 11 is 0. The van der Waals surface area contributed by atoms with Crippen LogP contribution in [0.3, 0.4) is 0 Å². The lowest BCUT2D eigenvalue weighted by atomic mass is 10.2. The minimum absolute atomic E-state index is 0.307. The molecule has 0 aromatic rings. The van der Waals surface area contributed by atoms with Crippen LogP contribution in [0.15, 0.2) is 12.2 Å². The van der Waals surface area contributed by atoms with Gasteiger partial charge in [0.25, 0.3) is 0 Å². The van der Waals surface area contributed by atoms with Crippen molar-refractivity contribution < 1.29 is 19.8 Å². The number of nitrogens with zero attached hydrogens (tertiary/aromatic N) is 2. The van der Waals surface area contributed by atoms with Crippen LogP contribution in [-0.4, -0.2) is 44.5 Å². The molecule has 0 aromatic carbocycles. The van der Waals surface area contributed by atoms with E-state index in [1.165, 1.54) is 0 Å². The van der Waals surface area contributed by atoms with Gasteiger partial charge in [0, 0.05) is 0 Å². The zero-order valence-electron chi connectivity index (χ0n) is 6.62. The molecular formula is C7H8N2O4. The number of hydrogen-bond donors (Lipinski definition) is 2. The lowest BCUT2D eigenvalue weighted by Gasteiger charge is -2.30. The Labute approximate surface area is 73.6 Å². The van der Waals surface area contributed by atoms with Gasteiger partial charge in [-0.05, 0) is 6.42 Å². The van der Waals surface area contributed by atoms with Crippen molar-refractivity contribution >= 4 is 12.2 Å². The summed E-state index contributed by atoms with van der Waals surface area (Å²) < 4.78 is 0. The maximum atomic E-state index is 10.7. The van der Waals surface area contributed by atoms with E-state index >= 15 is 0 Å². The zero-order valence-corrected chi connectivity index (χ0v) is 6.62. The van der Waals surface area contributed by atoms with E-state index in [2.05, 4.69) is 0 Å².